The molecule has 0 atom stereocenters. The quantitative estimate of drug-likeness (QED) is 0.249. The van der Waals surface area contributed by atoms with E-state index < -0.39 is 0 Å². The maximum absolute atomic E-state index is 2.51. The van der Waals surface area contributed by atoms with Gasteiger partial charge >= 0.3 is 0 Å². The molecule has 1 nitrogen and oxygen atoms in total. The first-order valence-electron chi connectivity index (χ1n) is 12.1. The summed E-state index contributed by atoms with van der Waals surface area (Å²) in [4.78, 5) is 0. The molecule has 0 spiro atoms. The number of rotatable bonds is 4. The first-order valence-corrected chi connectivity index (χ1v) is 12.9. The molecule has 1 aliphatic carbocycles. The summed E-state index contributed by atoms with van der Waals surface area (Å²) in [5.41, 5.74) is 7.01. The van der Waals surface area contributed by atoms with Gasteiger partial charge < -0.3 is 4.57 Å². The summed E-state index contributed by atoms with van der Waals surface area (Å²) in [6, 6.07) is 33.4. The molecule has 7 rings (SSSR count). The van der Waals surface area contributed by atoms with E-state index in [0.717, 1.165) is 25.7 Å². The molecule has 0 saturated heterocycles. The van der Waals surface area contributed by atoms with E-state index in [4.69, 9.17) is 0 Å². The molecule has 1 aliphatic rings. The smallest absolute Gasteiger partial charge is 0.0545 e. The summed E-state index contributed by atoms with van der Waals surface area (Å²) < 4.78 is 5.25. The van der Waals surface area contributed by atoms with Crippen molar-refractivity contribution in [1.82, 2.24) is 4.57 Å². The Balaban J connectivity index is 1.35. The third-order valence-corrected chi connectivity index (χ3v) is 8.38. The molecule has 0 unspecified atom stereocenters. The molecule has 0 fully saturated rings. The molecule has 2 aromatic heterocycles. The van der Waals surface area contributed by atoms with Gasteiger partial charge in [0.2, 0.25) is 0 Å². The minimum atomic E-state index is 1.08. The van der Waals surface area contributed by atoms with Gasteiger partial charge in [-0.3, -0.25) is 0 Å². The van der Waals surface area contributed by atoms with Crippen LogP contribution in [0.3, 0.4) is 0 Å². The van der Waals surface area contributed by atoms with Gasteiger partial charge in [0.25, 0.3) is 0 Å². The number of fused-ring (bicyclic) bond motifs is 6. The van der Waals surface area contributed by atoms with Crippen molar-refractivity contribution in [2.45, 2.75) is 25.7 Å². The van der Waals surface area contributed by atoms with Crippen molar-refractivity contribution < 1.29 is 0 Å². The molecule has 0 aliphatic heterocycles. The SMILES string of the molecule is C1=C(CCc2ccccc2)CCC(n2c3ccccc3c3cc4sc5ccccc5c4cc32)=C1. The summed E-state index contributed by atoms with van der Waals surface area (Å²) in [6.45, 7) is 0. The normalized spacial score (nSPS) is 14.2. The zero-order chi connectivity index (χ0) is 22.5. The number of aryl methyl sites for hydroxylation is 1. The lowest BCUT2D eigenvalue weighted by molar-refractivity contribution is 0.831. The number of hydrogen-bond acceptors (Lipinski definition) is 1. The first-order chi connectivity index (χ1) is 16.8. The maximum Gasteiger partial charge on any atom is 0.0545 e. The molecule has 164 valence electrons. The molecule has 2 heteroatoms. The average Bonchev–Trinajstić information content (AvgIpc) is 3.42. The maximum atomic E-state index is 2.51. The zero-order valence-corrected chi connectivity index (χ0v) is 19.8. The summed E-state index contributed by atoms with van der Waals surface area (Å²) in [7, 11) is 0. The van der Waals surface area contributed by atoms with E-state index in [9.17, 15) is 0 Å². The third kappa shape index (κ3) is 3.21. The predicted molar refractivity (Wildman–Crippen MR) is 149 cm³/mol. The minimum absolute atomic E-state index is 1.08. The van der Waals surface area contributed by atoms with Gasteiger partial charge in [0.15, 0.2) is 0 Å². The molecule has 6 aromatic rings. The van der Waals surface area contributed by atoms with Gasteiger partial charge in [0, 0.05) is 36.6 Å². The molecule has 0 saturated carbocycles. The Bertz CT molecular complexity index is 1740. The third-order valence-electron chi connectivity index (χ3n) is 7.25. The van der Waals surface area contributed by atoms with Crippen LogP contribution in [0.25, 0.3) is 47.7 Å². The van der Waals surface area contributed by atoms with E-state index >= 15 is 0 Å². The van der Waals surface area contributed by atoms with Crippen LogP contribution in [0.4, 0.5) is 0 Å². The second-order valence-electron chi connectivity index (χ2n) is 9.28. The number of aromatic nitrogens is 1. The Morgan fingerprint density at radius 1 is 0.588 bits per heavy atom. The Morgan fingerprint density at radius 2 is 1.38 bits per heavy atom. The van der Waals surface area contributed by atoms with E-state index in [1.807, 2.05) is 11.3 Å². The molecule has 4 aromatic carbocycles. The van der Waals surface area contributed by atoms with Gasteiger partial charge in [0.05, 0.1) is 11.0 Å². The predicted octanol–water partition coefficient (Wildman–Crippen LogP) is 9.36. The topological polar surface area (TPSA) is 4.93 Å². The van der Waals surface area contributed by atoms with Crippen LogP contribution in [0.15, 0.2) is 109 Å². The highest BCUT2D eigenvalue weighted by molar-refractivity contribution is 7.25. The van der Waals surface area contributed by atoms with Crippen LogP contribution in [-0.4, -0.2) is 4.57 Å². The summed E-state index contributed by atoms with van der Waals surface area (Å²) in [6.07, 6.45) is 9.22. The van der Waals surface area contributed by atoms with Gasteiger partial charge in [-0.2, -0.15) is 0 Å². The van der Waals surface area contributed by atoms with E-state index in [-0.39, 0.29) is 0 Å². The van der Waals surface area contributed by atoms with Gasteiger partial charge in [-0.15, -0.1) is 11.3 Å². The van der Waals surface area contributed by atoms with Gasteiger partial charge in [-0.05, 0) is 61.6 Å². The van der Waals surface area contributed by atoms with Crippen LogP contribution < -0.4 is 0 Å². The molecule has 0 radical (unpaired) electrons. The Labute approximate surface area is 203 Å². The number of nitrogens with zero attached hydrogens (tertiary/aromatic N) is 1. The molecule has 34 heavy (non-hydrogen) atoms. The Kier molecular flexibility index (Phi) is 4.66. The van der Waals surface area contributed by atoms with E-state index in [2.05, 4.69) is 108 Å². The zero-order valence-electron chi connectivity index (χ0n) is 19.0. The monoisotopic (exact) mass is 455 g/mol. The van der Waals surface area contributed by atoms with Crippen LogP contribution in [-0.2, 0) is 6.42 Å². The Hall–Kier alpha value is -3.62. The summed E-state index contributed by atoms with van der Waals surface area (Å²) in [5, 5.41) is 5.43. The van der Waals surface area contributed by atoms with Crippen molar-refractivity contribution in [2.24, 2.45) is 0 Å². The molecular weight excluding hydrogens is 430 g/mol. The Morgan fingerprint density at radius 3 is 2.24 bits per heavy atom. The summed E-state index contributed by atoms with van der Waals surface area (Å²) in [5.74, 6) is 0. The fraction of sp³-hybridized carbons (Fsp3) is 0.125. The standard InChI is InChI=1S/C32H25NS/c1-2-8-22(9-3-1)14-15-23-16-18-24(19-17-23)33-29-12-6-4-10-25(29)27-21-32-28(20-30(27)33)26-11-5-7-13-31(26)34-32/h1-13,16,18,20-21H,14-15,17,19H2. The van der Waals surface area contributed by atoms with Crippen LogP contribution >= 0.6 is 11.3 Å². The van der Waals surface area contributed by atoms with Gasteiger partial charge in [0.1, 0.15) is 0 Å². The van der Waals surface area contributed by atoms with Crippen LogP contribution in [0.2, 0.25) is 0 Å². The van der Waals surface area contributed by atoms with Crippen LogP contribution in [0.1, 0.15) is 24.8 Å². The number of allylic oxidation sites excluding steroid dienone is 4. The molecule has 0 N–H and O–H groups in total. The molecule has 0 amide bonds. The number of thiophene rings is 1. The lowest BCUT2D eigenvalue weighted by Gasteiger charge is -2.18. The van der Waals surface area contributed by atoms with Crippen LogP contribution in [0, 0.1) is 0 Å². The highest BCUT2D eigenvalue weighted by Gasteiger charge is 2.17. The van der Waals surface area contributed by atoms with Crippen molar-refractivity contribution in [1.29, 1.82) is 0 Å². The van der Waals surface area contributed by atoms with Crippen LogP contribution in [0.5, 0.6) is 0 Å². The number of para-hydroxylation sites is 1. The number of hydrogen-bond donors (Lipinski definition) is 0. The highest BCUT2D eigenvalue weighted by Crippen LogP contribution is 2.41. The molecule has 0 bridgehead atoms. The molecular formula is C32H25NS. The van der Waals surface area contributed by atoms with Crippen molar-refractivity contribution in [3.8, 4) is 0 Å². The van der Waals surface area contributed by atoms with Crippen molar-refractivity contribution in [2.75, 3.05) is 0 Å². The average molecular weight is 456 g/mol. The van der Waals surface area contributed by atoms with E-state index in [1.165, 1.54) is 53.2 Å². The lowest BCUT2D eigenvalue weighted by atomic mass is 9.96. The van der Waals surface area contributed by atoms with Gasteiger partial charge in [-0.1, -0.05) is 78.4 Å². The highest BCUT2D eigenvalue weighted by atomic mass is 32.1. The second-order valence-corrected chi connectivity index (χ2v) is 10.4. The fourth-order valence-corrected chi connectivity index (χ4v) is 6.64. The summed E-state index contributed by atoms with van der Waals surface area (Å²) >= 11 is 1.90. The fourth-order valence-electron chi connectivity index (χ4n) is 5.51. The minimum Gasteiger partial charge on any atom is -0.313 e. The van der Waals surface area contributed by atoms with Crippen molar-refractivity contribution in [3.05, 3.63) is 114 Å². The van der Waals surface area contributed by atoms with Crippen molar-refractivity contribution in [3.63, 3.8) is 0 Å². The van der Waals surface area contributed by atoms with E-state index in [0.29, 0.717) is 0 Å². The first kappa shape index (κ1) is 19.8. The van der Waals surface area contributed by atoms with Gasteiger partial charge in [-0.25, -0.2) is 0 Å². The second kappa shape index (κ2) is 8.00. The van der Waals surface area contributed by atoms with E-state index in [1.54, 1.807) is 5.57 Å². The largest absolute Gasteiger partial charge is 0.313 e. The van der Waals surface area contributed by atoms with Crippen molar-refractivity contribution >= 4 is 59.0 Å². The lowest BCUT2D eigenvalue weighted by Crippen LogP contribution is -2.02. The number of benzene rings is 4. The molecule has 2 heterocycles.